The Morgan fingerprint density at radius 3 is 2.62 bits per heavy atom. The van der Waals surface area contributed by atoms with E-state index in [-0.39, 0.29) is 0 Å². The highest BCUT2D eigenvalue weighted by Crippen LogP contribution is 2.25. The number of hydrogen-bond acceptors (Lipinski definition) is 4. The van der Waals surface area contributed by atoms with Gasteiger partial charge in [-0.25, -0.2) is 9.78 Å². The van der Waals surface area contributed by atoms with Crippen LogP contribution in [-0.2, 0) is 11.4 Å². The standard InChI is InChI=1S/C27H26N2O3/c30-27(31)25(16-20-8-3-1-4-9-20)29-24-13-7-12-22(17-24)23-14-15-26(28-18-23)32-19-21-10-5-2-6-11-21/h2-3,5-15,17-18,25,29H,1,4,16,19H2,(H,30,31). The third-order valence-electron chi connectivity index (χ3n) is 5.31. The molecule has 1 aliphatic carbocycles. The lowest BCUT2D eigenvalue weighted by atomic mass is 9.99. The average molecular weight is 427 g/mol. The number of aliphatic carboxylic acids is 1. The summed E-state index contributed by atoms with van der Waals surface area (Å²) in [5.74, 6) is -0.302. The first-order valence-electron chi connectivity index (χ1n) is 10.8. The molecule has 1 unspecified atom stereocenters. The molecule has 162 valence electrons. The first-order valence-corrected chi connectivity index (χ1v) is 10.8. The number of hydrogen-bond donors (Lipinski definition) is 2. The second kappa shape index (κ2) is 10.4. The van der Waals surface area contributed by atoms with Crippen molar-refractivity contribution in [2.24, 2.45) is 0 Å². The Hall–Kier alpha value is -3.86. The molecular weight excluding hydrogens is 400 g/mol. The van der Waals surface area contributed by atoms with Crippen LogP contribution in [0.5, 0.6) is 5.88 Å². The van der Waals surface area contributed by atoms with Crippen molar-refractivity contribution in [1.82, 2.24) is 4.98 Å². The summed E-state index contributed by atoms with van der Waals surface area (Å²) >= 11 is 0. The zero-order chi connectivity index (χ0) is 22.2. The van der Waals surface area contributed by atoms with Crippen LogP contribution in [0.1, 0.15) is 24.8 Å². The van der Waals surface area contributed by atoms with Gasteiger partial charge in [0.05, 0.1) is 0 Å². The Kier molecular flexibility index (Phi) is 6.98. The molecular formula is C27H26N2O3. The van der Waals surface area contributed by atoms with Gasteiger partial charge in [-0.3, -0.25) is 0 Å². The maximum atomic E-state index is 11.8. The third-order valence-corrected chi connectivity index (χ3v) is 5.31. The van der Waals surface area contributed by atoms with Crippen molar-refractivity contribution in [3.63, 3.8) is 0 Å². The molecule has 4 rings (SSSR count). The van der Waals surface area contributed by atoms with Crippen LogP contribution in [0.2, 0.25) is 0 Å². The monoisotopic (exact) mass is 426 g/mol. The van der Waals surface area contributed by atoms with Gasteiger partial charge in [0.2, 0.25) is 5.88 Å². The number of aromatic nitrogens is 1. The SMILES string of the molecule is O=C(O)C(CC1=CCCC=C1)Nc1cccc(-c2ccc(OCc3ccccc3)nc2)c1. The quantitative estimate of drug-likeness (QED) is 0.448. The largest absolute Gasteiger partial charge is 0.480 e. The minimum Gasteiger partial charge on any atom is -0.480 e. The lowest BCUT2D eigenvalue weighted by Gasteiger charge is -2.18. The summed E-state index contributed by atoms with van der Waals surface area (Å²) in [5, 5.41) is 12.8. The van der Waals surface area contributed by atoms with Gasteiger partial charge in [-0.05, 0) is 47.7 Å². The van der Waals surface area contributed by atoms with Crippen molar-refractivity contribution in [3.05, 3.63) is 102 Å². The van der Waals surface area contributed by atoms with Gasteiger partial charge >= 0.3 is 5.97 Å². The Labute approximate surface area is 188 Å². The van der Waals surface area contributed by atoms with E-state index >= 15 is 0 Å². The highest BCUT2D eigenvalue weighted by Gasteiger charge is 2.19. The normalized spacial score (nSPS) is 13.8. The number of nitrogens with one attached hydrogen (secondary N) is 1. The molecule has 5 heteroatoms. The first-order chi connectivity index (χ1) is 15.7. The fourth-order valence-electron chi connectivity index (χ4n) is 3.61. The summed E-state index contributed by atoms with van der Waals surface area (Å²) in [6, 6.07) is 20.8. The summed E-state index contributed by atoms with van der Waals surface area (Å²) in [4.78, 5) is 16.2. The van der Waals surface area contributed by atoms with Crippen LogP contribution in [-0.4, -0.2) is 22.1 Å². The van der Waals surface area contributed by atoms with Crippen molar-refractivity contribution in [2.45, 2.75) is 31.9 Å². The van der Waals surface area contributed by atoms with Crippen molar-refractivity contribution in [1.29, 1.82) is 0 Å². The lowest BCUT2D eigenvalue weighted by molar-refractivity contribution is -0.137. The van der Waals surface area contributed by atoms with Gasteiger partial charge in [-0.2, -0.15) is 0 Å². The van der Waals surface area contributed by atoms with Gasteiger partial charge in [-0.1, -0.05) is 60.7 Å². The van der Waals surface area contributed by atoms with Crippen LogP contribution >= 0.6 is 0 Å². The molecule has 2 aromatic carbocycles. The molecule has 0 fully saturated rings. The maximum absolute atomic E-state index is 11.8. The van der Waals surface area contributed by atoms with Gasteiger partial charge in [0.25, 0.3) is 0 Å². The van der Waals surface area contributed by atoms with E-state index in [9.17, 15) is 9.90 Å². The molecule has 3 aromatic rings. The Balaban J connectivity index is 1.42. The van der Waals surface area contributed by atoms with E-state index in [1.165, 1.54) is 0 Å². The zero-order valence-electron chi connectivity index (χ0n) is 17.8. The molecule has 0 aliphatic heterocycles. The Morgan fingerprint density at radius 2 is 1.91 bits per heavy atom. The molecule has 2 N–H and O–H groups in total. The number of carboxylic acid groups (broad SMARTS) is 1. The molecule has 1 aliphatic rings. The van der Waals surface area contributed by atoms with Gasteiger partial charge in [0.1, 0.15) is 12.6 Å². The molecule has 0 bridgehead atoms. The van der Waals surface area contributed by atoms with E-state index in [4.69, 9.17) is 4.74 Å². The topological polar surface area (TPSA) is 71.5 Å². The van der Waals surface area contributed by atoms with Crippen LogP contribution in [0.25, 0.3) is 11.1 Å². The van der Waals surface area contributed by atoms with Crippen LogP contribution in [0, 0.1) is 0 Å². The van der Waals surface area contributed by atoms with E-state index in [1.54, 1.807) is 6.20 Å². The molecule has 32 heavy (non-hydrogen) atoms. The minimum absolute atomic E-state index is 0.449. The summed E-state index contributed by atoms with van der Waals surface area (Å²) in [7, 11) is 0. The van der Waals surface area contributed by atoms with Crippen molar-refractivity contribution in [3.8, 4) is 17.0 Å². The number of carbonyl (C=O) groups is 1. The summed E-state index contributed by atoms with van der Waals surface area (Å²) in [5.41, 5.74) is 4.80. The van der Waals surface area contributed by atoms with Gasteiger partial charge in [0.15, 0.2) is 0 Å². The maximum Gasteiger partial charge on any atom is 0.326 e. The molecule has 1 heterocycles. The minimum atomic E-state index is -0.864. The predicted molar refractivity (Wildman–Crippen MR) is 127 cm³/mol. The molecule has 0 spiro atoms. The van der Waals surface area contributed by atoms with Crippen LogP contribution in [0.4, 0.5) is 5.69 Å². The van der Waals surface area contributed by atoms with Crippen molar-refractivity contribution >= 4 is 11.7 Å². The number of rotatable bonds is 9. The number of allylic oxidation sites excluding steroid dienone is 3. The van der Waals surface area contributed by atoms with E-state index in [2.05, 4.69) is 22.5 Å². The van der Waals surface area contributed by atoms with Gasteiger partial charge in [-0.15, -0.1) is 0 Å². The molecule has 0 saturated heterocycles. The number of nitrogens with zero attached hydrogens (tertiary/aromatic N) is 1. The molecule has 5 nitrogen and oxygen atoms in total. The molecule has 1 atom stereocenters. The fraction of sp³-hybridized carbons (Fsp3) is 0.185. The number of anilines is 1. The second-order valence-corrected chi connectivity index (χ2v) is 7.74. The highest BCUT2D eigenvalue weighted by molar-refractivity contribution is 5.79. The van der Waals surface area contributed by atoms with Crippen LogP contribution in [0.15, 0.2) is 96.7 Å². The van der Waals surface area contributed by atoms with Crippen molar-refractivity contribution in [2.75, 3.05) is 5.32 Å². The van der Waals surface area contributed by atoms with Crippen LogP contribution < -0.4 is 10.1 Å². The molecule has 0 amide bonds. The molecule has 0 saturated carbocycles. The smallest absolute Gasteiger partial charge is 0.326 e. The fourth-order valence-corrected chi connectivity index (χ4v) is 3.61. The number of carboxylic acids is 1. The first kappa shape index (κ1) is 21.4. The number of benzene rings is 2. The Morgan fingerprint density at radius 1 is 1.03 bits per heavy atom. The lowest BCUT2D eigenvalue weighted by Crippen LogP contribution is -2.29. The predicted octanol–water partition coefficient (Wildman–Crippen LogP) is 5.86. The number of ether oxygens (including phenoxy) is 1. The van der Waals surface area contributed by atoms with E-state index in [0.29, 0.717) is 18.9 Å². The third kappa shape index (κ3) is 5.85. The van der Waals surface area contributed by atoms with E-state index < -0.39 is 12.0 Å². The highest BCUT2D eigenvalue weighted by atomic mass is 16.5. The van der Waals surface area contributed by atoms with Crippen LogP contribution in [0.3, 0.4) is 0 Å². The van der Waals surface area contributed by atoms with Gasteiger partial charge < -0.3 is 15.2 Å². The molecule has 0 radical (unpaired) electrons. The second-order valence-electron chi connectivity index (χ2n) is 7.74. The summed E-state index contributed by atoms with van der Waals surface area (Å²) in [6.45, 7) is 0.467. The molecule has 1 aromatic heterocycles. The van der Waals surface area contributed by atoms with Crippen molar-refractivity contribution < 1.29 is 14.6 Å². The summed E-state index contributed by atoms with van der Waals surface area (Å²) < 4.78 is 5.76. The Bertz CT molecular complexity index is 1110. The summed E-state index contributed by atoms with van der Waals surface area (Å²) in [6.07, 6.45) is 10.4. The zero-order valence-corrected chi connectivity index (χ0v) is 17.8. The van der Waals surface area contributed by atoms with E-state index in [1.807, 2.05) is 72.8 Å². The average Bonchev–Trinajstić information content (AvgIpc) is 2.84. The number of pyridine rings is 1. The van der Waals surface area contributed by atoms with E-state index in [0.717, 1.165) is 40.8 Å². The van der Waals surface area contributed by atoms with Gasteiger partial charge in [0, 0.05) is 29.9 Å².